The Balaban J connectivity index is 1.46. The maximum atomic E-state index is 13.5. The molecule has 1 fully saturated rings. The summed E-state index contributed by atoms with van der Waals surface area (Å²) in [5.41, 5.74) is 0.719. The summed E-state index contributed by atoms with van der Waals surface area (Å²) in [6.45, 7) is 5.88. The minimum Gasteiger partial charge on any atom is -0.496 e. The van der Waals surface area contributed by atoms with Crippen LogP contribution in [0, 0.1) is 0 Å². The van der Waals surface area contributed by atoms with Crippen LogP contribution >= 0.6 is 34.8 Å². The Morgan fingerprint density at radius 2 is 1.69 bits per heavy atom. The molecule has 2 aliphatic heterocycles. The van der Waals surface area contributed by atoms with E-state index in [-0.39, 0.29) is 31.0 Å². The number of amides is 2. The van der Waals surface area contributed by atoms with Gasteiger partial charge in [0.15, 0.2) is 5.60 Å². The lowest BCUT2D eigenvalue weighted by Gasteiger charge is -2.50. The third kappa shape index (κ3) is 8.16. The summed E-state index contributed by atoms with van der Waals surface area (Å²) < 4.78 is 20.6. The Hall–Kier alpha value is -3.18. The first kappa shape index (κ1) is 34.7. The summed E-state index contributed by atoms with van der Waals surface area (Å²) in [7, 11) is 1.63. The predicted molar refractivity (Wildman–Crippen MR) is 171 cm³/mol. The van der Waals surface area contributed by atoms with Crippen molar-refractivity contribution >= 4 is 58.3 Å². The van der Waals surface area contributed by atoms with Gasteiger partial charge in [0, 0.05) is 32.0 Å². The molecular weight excluding hydrogens is 647 g/mol. The number of methoxy groups -OCH3 is 1. The number of halogens is 3. The van der Waals surface area contributed by atoms with Crippen molar-refractivity contribution in [3.8, 4) is 11.5 Å². The number of hydrogen-bond donors (Lipinski definition) is 1. The van der Waals surface area contributed by atoms with Crippen LogP contribution < -0.4 is 9.47 Å². The predicted octanol–water partition coefficient (Wildman–Crippen LogP) is 6.11. The molecule has 2 aliphatic rings. The number of rotatable bonds is 11. The average molecular weight is 684 g/mol. The number of alkyl halides is 3. The molecule has 0 aromatic heterocycles. The van der Waals surface area contributed by atoms with Gasteiger partial charge in [0.1, 0.15) is 11.5 Å². The lowest BCUT2D eigenvalue weighted by molar-refractivity contribution is -0.137. The Morgan fingerprint density at radius 3 is 2.31 bits per heavy atom. The topological polar surface area (TPSA) is 115 Å². The average Bonchev–Trinajstić information content (AvgIpc) is 2.97. The number of nitrogens with zero attached hydrogens (tertiary/aromatic N) is 2. The molecule has 13 heteroatoms. The number of piperazine rings is 1. The molecular formula is C32H37Cl3N2O8. The number of carboxylic acid groups (broad SMARTS) is 1. The monoisotopic (exact) mass is 682 g/mol. The first-order chi connectivity index (χ1) is 21.2. The summed E-state index contributed by atoms with van der Waals surface area (Å²) in [4.78, 5) is 41.4. The molecule has 2 bridgehead atoms. The fourth-order valence-electron chi connectivity index (χ4n) is 5.42. The molecule has 10 nitrogen and oxygen atoms in total. The highest BCUT2D eigenvalue weighted by Crippen LogP contribution is 2.43. The van der Waals surface area contributed by atoms with E-state index in [1.165, 1.54) is 30.6 Å². The first-order valence-electron chi connectivity index (χ1n) is 14.5. The van der Waals surface area contributed by atoms with Gasteiger partial charge in [0.2, 0.25) is 9.70 Å². The van der Waals surface area contributed by atoms with E-state index in [4.69, 9.17) is 53.8 Å². The van der Waals surface area contributed by atoms with E-state index in [0.29, 0.717) is 43.1 Å². The summed E-state index contributed by atoms with van der Waals surface area (Å²) in [5.74, 6) is -0.0199. The number of carbonyl (C=O) groups excluding carboxylic acids is 2. The van der Waals surface area contributed by atoms with E-state index in [1.54, 1.807) is 31.4 Å². The molecule has 2 heterocycles. The summed E-state index contributed by atoms with van der Waals surface area (Å²) in [6.07, 6.45) is 0.0231. The molecule has 2 atom stereocenters. The summed E-state index contributed by atoms with van der Waals surface area (Å²) in [5, 5.41) is 10.4. The number of benzene rings is 2. The summed E-state index contributed by atoms with van der Waals surface area (Å²) >= 11 is 18.1. The molecule has 1 N–H and O–H groups in total. The van der Waals surface area contributed by atoms with Gasteiger partial charge >= 0.3 is 12.1 Å². The second kappa shape index (κ2) is 14.5. The lowest BCUT2D eigenvalue weighted by atomic mass is 9.82. The van der Waals surface area contributed by atoms with Crippen molar-refractivity contribution in [3.63, 3.8) is 0 Å². The van der Waals surface area contributed by atoms with E-state index < -0.39 is 33.5 Å². The molecule has 0 saturated carbocycles. The van der Waals surface area contributed by atoms with Crippen LogP contribution in [0.15, 0.2) is 54.1 Å². The zero-order chi connectivity index (χ0) is 32.9. The van der Waals surface area contributed by atoms with Crippen LogP contribution in [0.1, 0.15) is 44.7 Å². The van der Waals surface area contributed by atoms with E-state index >= 15 is 0 Å². The van der Waals surface area contributed by atoms with Gasteiger partial charge in [-0.05, 0) is 49.6 Å². The van der Waals surface area contributed by atoms with Crippen LogP contribution in [-0.4, -0.2) is 87.8 Å². The number of fused-ring (bicyclic) bond motifs is 2. The largest absolute Gasteiger partial charge is 0.496 e. The molecule has 244 valence electrons. The highest BCUT2D eigenvalue weighted by molar-refractivity contribution is 6.68. The number of carboxylic acids is 1. The van der Waals surface area contributed by atoms with Gasteiger partial charge in [0.05, 0.1) is 44.6 Å². The number of aliphatic carboxylic acids is 1. The van der Waals surface area contributed by atoms with Gasteiger partial charge in [-0.3, -0.25) is 9.69 Å². The first-order valence-corrected chi connectivity index (χ1v) is 15.6. The minimum atomic E-state index is -1.93. The van der Waals surface area contributed by atoms with Crippen LogP contribution in [0.2, 0.25) is 0 Å². The zero-order valence-electron chi connectivity index (χ0n) is 25.6. The molecule has 2 amide bonds. The highest BCUT2D eigenvalue weighted by Gasteiger charge is 2.51. The highest BCUT2D eigenvalue weighted by atomic mass is 35.6. The second-order valence-electron chi connectivity index (χ2n) is 11.4. The number of ether oxygens (including phenoxy) is 4. The zero-order valence-corrected chi connectivity index (χ0v) is 27.8. The van der Waals surface area contributed by atoms with E-state index in [0.717, 1.165) is 11.3 Å². The van der Waals surface area contributed by atoms with Gasteiger partial charge in [-0.1, -0.05) is 65.1 Å². The number of para-hydroxylation sites is 1. The smallest absolute Gasteiger partial charge is 0.411 e. The third-order valence-electron chi connectivity index (χ3n) is 7.92. The van der Waals surface area contributed by atoms with Crippen molar-refractivity contribution in [2.75, 3.05) is 33.4 Å². The molecule has 1 saturated heterocycles. The van der Waals surface area contributed by atoms with Crippen LogP contribution in [0.3, 0.4) is 0 Å². The van der Waals surface area contributed by atoms with Gasteiger partial charge in [0.25, 0.3) is 0 Å². The van der Waals surface area contributed by atoms with E-state index in [1.807, 2.05) is 24.3 Å². The summed E-state index contributed by atoms with van der Waals surface area (Å²) in [6, 6.07) is 13.3. The van der Waals surface area contributed by atoms with Crippen molar-refractivity contribution in [1.29, 1.82) is 0 Å². The Morgan fingerprint density at radius 1 is 1.00 bits per heavy atom. The van der Waals surface area contributed by atoms with Crippen LogP contribution in [0.5, 0.6) is 11.5 Å². The molecule has 45 heavy (non-hydrogen) atoms. The fraction of sp³-hybridized carbons (Fsp3) is 0.469. The SMILES string of the molecule is COc1ccccc1COCCCOc1ccc(C2=C(C(=O)O)C3CN(C(C)=O)CC(C2)N3C(=O)OC(C)(C)C(Cl)(Cl)Cl)cc1. The van der Waals surface area contributed by atoms with Gasteiger partial charge < -0.3 is 29.0 Å². The third-order valence-corrected chi connectivity index (χ3v) is 9.28. The maximum absolute atomic E-state index is 13.5. The second-order valence-corrected chi connectivity index (χ2v) is 13.7. The van der Waals surface area contributed by atoms with Crippen LogP contribution in [-0.2, 0) is 25.7 Å². The molecule has 0 radical (unpaired) electrons. The van der Waals surface area contributed by atoms with Crippen molar-refractivity contribution in [2.24, 2.45) is 0 Å². The number of carbonyl (C=O) groups is 3. The number of hydrogen-bond acceptors (Lipinski definition) is 7. The van der Waals surface area contributed by atoms with Crippen LogP contribution in [0.4, 0.5) is 4.79 Å². The quantitative estimate of drug-likeness (QED) is 0.223. The molecule has 0 aliphatic carbocycles. The maximum Gasteiger partial charge on any atom is 0.411 e. The van der Waals surface area contributed by atoms with E-state index in [2.05, 4.69) is 0 Å². The van der Waals surface area contributed by atoms with Crippen molar-refractivity contribution in [3.05, 3.63) is 65.2 Å². The normalized spacial score (nSPS) is 18.5. The van der Waals surface area contributed by atoms with E-state index in [9.17, 15) is 19.5 Å². The molecule has 0 spiro atoms. The molecule has 2 unspecified atom stereocenters. The molecule has 2 aromatic carbocycles. The Kier molecular flexibility index (Phi) is 11.2. The standard InChI is InChI=1S/C32H37Cl3N2O8/c1-20(38)36-17-23-16-25(28(29(39)40)26(18-36)37(23)30(41)45-31(2,3)32(33,34)35)21-10-12-24(13-11-21)44-15-7-14-43-19-22-8-5-6-9-27(22)42-4/h5-6,8-13,23,26H,7,14-19H2,1-4H3,(H,39,40). The van der Waals surface area contributed by atoms with Gasteiger partial charge in [-0.15, -0.1) is 0 Å². The fourth-order valence-corrected chi connectivity index (χ4v) is 5.54. The van der Waals surface area contributed by atoms with Crippen LogP contribution in [0.25, 0.3) is 5.57 Å². The molecule has 4 rings (SSSR count). The minimum absolute atomic E-state index is 0.00158. The van der Waals surface area contributed by atoms with Crippen molar-refractivity contribution < 1.29 is 38.4 Å². The Bertz CT molecular complexity index is 1420. The molecule has 2 aromatic rings. The van der Waals surface area contributed by atoms with Gasteiger partial charge in [-0.25, -0.2) is 9.59 Å². The lowest BCUT2D eigenvalue weighted by Crippen LogP contribution is -2.65. The van der Waals surface area contributed by atoms with Gasteiger partial charge in [-0.2, -0.15) is 0 Å². The van der Waals surface area contributed by atoms with Crippen molar-refractivity contribution in [2.45, 2.75) is 61.7 Å². The Labute approximate surface area is 277 Å². The van der Waals surface area contributed by atoms with Crippen molar-refractivity contribution in [1.82, 2.24) is 9.80 Å².